The quantitative estimate of drug-likeness (QED) is 0.813. The van der Waals surface area contributed by atoms with Crippen molar-refractivity contribution in [3.63, 3.8) is 0 Å². The van der Waals surface area contributed by atoms with Gasteiger partial charge in [-0.25, -0.2) is 0 Å². The van der Waals surface area contributed by atoms with Crippen molar-refractivity contribution in [2.45, 2.75) is 59.5 Å². The van der Waals surface area contributed by atoms with Crippen LogP contribution in [0.5, 0.6) is 0 Å². The zero-order valence-electron chi connectivity index (χ0n) is 14.8. The standard InChI is InChI=1S/C17H37N3/c1-8-20(13(2)11-19(6)7)12-15-9-10-16(18)14(3)17(15,4)5/h13-16H,8-12,18H2,1-7H3. The average molecular weight is 284 g/mol. The molecule has 1 saturated carbocycles. The van der Waals surface area contributed by atoms with Crippen LogP contribution in [0.3, 0.4) is 0 Å². The van der Waals surface area contributed by atoms with E-state index in [4.69, 9.17) is 5.73 Å². The van der Waals surface area contributed by atoms with E-state index < -0.39 is 0 Å². The third-order valence-corrected chi connectivity index (χ3v) is 5.83. The predicted octanol–water partition coefficient (Wildman–Crippen LogP) is 2.66. The fraction of sp³-hybridized carbons (Fsp3) is 1.00. The van der Waals surface area contributed by atoms with Gasteiger partial charge in [0.25, 0.3) is 0 Å². The van der Waals surface area contributed by atoms with Gasteiger partial charge in [-0.15, -0.1) is 0 Å². The highest BCUT2D eigenvalue weighted by Gasteiger charge is 2.42. The summed E-state index contributed by atoms with van der Waals surface area (Å²) in [4.78, 5) is 4.94. The second-order valence-electron chi connectivity index (χ2n) is 7.75. The van der Waals surface area contributed by atoms with Crippen LogP contribution in [0.15, 0.2) is 0 Å². The van der Waals surface area contributed by atoms with Crippen molar-refractivity contribution < 1.29 is 0 Å². The Morgan fingerprint density at radius 2 is 1.85 bits per heavy atom. The summed E-state index contributed by atoms with van der Waals surface area (Å²) in [5.74, 6) is 1.38. The second-order valence-corrected chi connectivity index (χ2v) is 7.75. The van der Waals surface area contributed by atoms with Crippen LogP contribution in [-0.2, 0) is 0 Å². The molecule has 2 N–H and O–H groups in total. The van der Waals surface area contributed by atoms with Crippen LogP contribution in [0.4, 0.5) is 0 Å². The molecule has 0 aromatic rings. The Kier molecular flexibility index (Phi) is 6.49. The number of hydrogen-bond donors (Lipinski definition) is 1. The van der Waals surface area contributed by atoms with Gasteiger partial charge in [0.05, 0.1) is 0 Å². The normalized spacial score (nSPS) is 31.8. The van der Waals surface area contributed by atoms with Crippen LogP contribution in [-0.4, -0.2) is 55.6 Å². The van der Waals surface area contributed by atoms with E-state index in [1.165, 1.54) is 19.4 Å². The molecule has 0 heterocycles. The van der Waals surface area contributed by atoms with Gasteiger partial charge in [-0.05, 0) is 57.7 Å². The summed E-state index contributed by atoms with van der Waals surface area (Å²) in [6, 6.07) is 1.01. The Balaban J connectivity index is 2.69. The molecule has 120 valence electrons. The lowest BCUT2D eigenvalue weighted by atomic mass is 9.61. The molecule has 0 aromatic heterocycles. The molecule has 1 aliphatic rings. The van der Waals surface area contributed by atoms with Crippen molar-refractivity contribution in [1.29, 1.82) is 0 Å². The summed E-state index contributed by atoms with van der Waals surface area (Å²) in [6.45, 7) is 15.3. The third kappa shape index (κ3) is 4.19. The largest absolute Gasteiger partial charge is 0.327 e. The minimum Gasteiger partial charge on any atom is -0.327 e. The molecule has 1 aliphatic carbocycles. The number of nitrogens with zero attached hydrogens (tertiary/aromatic N) is 2. The molecular weight excluding hydrogens is 246 g/mol. The lowest BCUT2D eigenvalue weighted by Gasteiger charge is -2.49. The minimum absolute atomic E-state index is 0.350. The highest BCUT2D eigenvalue weighted by atomic mass is 15.2. The Hall–Kier alpha value is -0.120. The smallest absolute Gasteiger partial charge is 0.0194 e. The first kappa shape index (κ1) is 17.9. The van der Waals surface area contributed by atoms with E-state index in [9.17, 15) is 0 Å². The van der Waals surface area contributed by atoms with Gasteiger partial charge in [0.2, 0.25) is 0 Å². The number of rotatable bonds is 6. The zero-order valence-corrected chi connectivity index (χ0v) is 14.8. The first-order valence-electron chi connectivity index (χ1n) is 8.34. The Labute approximate surface area is 126 Å². The van der Waals surface area contributed by atoms with Gasteiger partial charge in [-0.3, -0.25) is 4.90 Å². The monoisotopic (exact) mass is 283 g/mol. The number of hydrogen-bond acceptors (Lipinski definition) is 3. The Morgan fingerprint density at radius 1 is 1.25 bits per heavy atom. The first-order chi connectivity index (χ1) is 9.20. The van der Waals surface area contributed by atoms with Crippen molar-refractivity contribution in [1.82, 2.24) is 9.80 Å². The lowest BCUT2D eigenvalue weighted by molar-refractivity contribution is 0.0190. The number of nitrogens with two attached hydrogens (primary N) is 1. The molecule has 4 unspecified atom stereocenters. The van der Waals surface area contributed by atoms with E-state index in [2.05, 4.69) is 58.5 Å². The topological polar surface area (TPSA) is 32.5 Å². The maximum atomic E-state index is 6.28. The van der Waals surface area contributed by atoms with Crippen LogP contribution >= 0.6 is 0 Å². The molecule has 0 bridgehead atoms. The first-order valence-corrected chi connectivity index (χ1v) is 8.34. The minimum atomic E-state index is 0.350. The highest BCUT2D eigenvalue weighted by Crippen LogP contribution is 2.44. The molecular formula is C17H37N3. The molecule has 3 heteroatoms. The van der Waals surface area contributed by atoms with Gasteiger partial charge in [0, 0.05) is 25.2 Å². The molecule has 20 heavy (non-hydrogen) atoms. The van der Waals surface area contributed by atoms with Gasteiger partial charge >= 0.3 is 0 Å². The zero-order chi connectivity index (χ0) is 15.5. The molecule has 0 radical (unpaired) electrons. The maximum Gasteiger partial charge on any atom is 0.0194 e. The molecule has 1 fully saturated rings. The van der Waals surface area contributed by atoms with Gasteiger partial charge in [0.1, 0.15) is 0 Å². The molecule has 0 amide bonds. The second kappa shape index (κ2) is 7.24. The molecule has 0 aromatic carbocycles. The van der Waals surface area contributed by atoms with Crippen LogP contribution in [0, 0.1) is 17.3 Å². The molecule has 0 spiro atoms. The van der Waals surface area contributed by atoms with Crippen molar-refractivity contribution in [3.8, 4) is 0 Å². The van der Waals surface area contributed by atoms with Crippen molar-refractivity contribution in [3.05, 3.63) is 0 Å². The van der Waals surface area contributed by atoms with E-state index in [1.807, 2.05) is 0 Å². The SMILES string of the molecule is CCN(CC1CCC(N)C(C)C1(C)C)C(C)CN(C)C. The predicted molar refractivity (Wildman–Crippen MR) is 88.9 cm³/mol. The van der Waals surface area contributed by atoms with Gasteiger partial charge in [-0.2, -0.15) is 0 Å². The molecule has 0 saturated heterocycles. The van der Waals surface area contributed by atoms with E-state index in [1.54, 1.807) is 0 Å². The van der Waals surface area contributed by atoms with Crippen LogP contribution < -0.4 is 5.73 Å². The van der Waals surface area contributed by atoms with E-state index in [-0.39, 0.29) is 0 Å². The van der Waals surface area contributed by atoms with Gasteiger partial charge in [-0.1, -0.05) is 27.7 Å². The summed E-state index contributed by atoms with van der Waals surface area (Å²) < 4.78 is 0. The summed E-state index contributed by atoms with van der Waals surface area (Å²) in [7, 11) is 4.33. The van der Waals surface area contributed by atoms with E-state index in [0.717, 1.165) is 19.0 Å². The molecule has 1 rings (SSSR count). The maximum absolute atomic E-state index is 6.28. The summed E-state index contributed by atoms with van der Waals surface area (Å²) >= 11 is 0. The lowest BCUT2D eigenvalue weighted by Crippen LogP contribution is -2.51. The third-order valence-electron chi connectivity index (χ3n) is 5.83. The van der Waals surface area contributed by atoms with Gasteiger partial charge in [0.15, 0.2) is 0 Å². The van der Waals surface area contributed by atoms with Gasteiger partial charge < -0.3 is 10.6 Å². The summed E-state index contributed by atoms with van der Waals surface area (Å²) in [6.07, 6.45) is 2.47. The van der Waals surface area contributed by atoms with E-state index >= 15 is 0 Å². The fourth-order valence-corrected chi connectivity index (χ4v) is 3.81. The summed E-state index contributed by atoms with van der Waals surface area (Å²) in [5.41, 5.74) is 6.63. The fourth-order valence-electron chi connectivity index (χ4n) is 3.81. The van der Waals surface area contributed by atoms with Crippen LogP contribution in [0.1, 0.15) is 47.5 Å². The van der Waals surface area contributed by atoms with Crippen molar-refractivity contribution in [2.24, 2.45) is 23.0 Å². The molecule has 4 atom stereocenters. The highest BCUT2D eigenvalue weighted by molar-refractivity contribution is 4.94. The summed E-state index contributed by atoms with van der Waals surface area (Å²) in [5, 5.41) is 0. The van der Waals surface area contributed by atoms with Crippen molar-refractivity contribution in [2.75, 3.05) is 33.7 Å². The average Bonchev–Trinajstić information content (AvgIpc) is 2.34. The van der Waals surface area contributed by atoms with Crippen LogP contribution in [0.25, 0.3) is 0 Å². The van der Waals surface area contributed by atoms with Crippen molar-refractivity contribution >= 4 is 0 Å². The Morgan fingerprint density at radius 3 is 2.35 bits per heavy atom. The molecule has 0 aliphatic heterocycles. The Bertz CT molecular complexity index is 288. The molecule has 3 nitrogen and oxygen atoms in total. The van der Waals surface area contributed by atoms with Crippen LogP contribution in [0.2, 0.25) is 0 Å². The van der Waals surface area contributed by atoms with E-state index in [0.29, 0.717) is 23.4 Å². The number of likely N-dealkylation sites (N-methyl/N-ethyl adjacent to an activating group) is 2.